The van der Waals surface area contributed by atoms with Crippen molar-refractivity contribution in [1.82, 2.24) is 15.0 Å². The van der Waals surface area contributed by atoms with E-state index >= 15 is 0 Å². The summed E-state index contributed by atoms with van der Waals surface area (Å²) >= 11 is 0. The zero-order chi connectivity index (χ0) is 14.9. The van der Waals surface area contributed by atoms with Crippen LogP contribution in [0.4, 0.5) is 5.95 Å². The van der Waals surface area contributed by atoms with Crippen LogP contribution in [-0.2, 0) is 6.54 Å². The van der Waals surface area contributed by atoms with Crippen molar-refractivity contribution < 1.29 is 14.0 Å². The number of nitrogens with zero attached hydrogens (tertiary/aromatic N) is 4. The van der Waals surface area contributed by atoms with Crippen LogP contribution in [-0.4, -0.2) is 52.4 Å². The quantitative estimate of drug-likeness (QED) is 0.910. The third kappa shape index (κ3) is 3.00. The number of hydrogen-bond donors (Lipinski definition) is 1. The van der Waals surface area contributed by atoms with Crippen LogP contribution in [0.2, 0.25) is 0 Å². The van der Waals surface area contributed by atoms with Crippen LogP contribution in [0.25, 0.3) is 0 Å². The zero-order valence-electron chi connectivity index (χ0n) is 12.4. The molecule has 1 aliphatic carbocycles. The predicted molar refractivity (Wildman–Crippen MR) is 78.5 cm³/mol. The third-order valence-corrected chi connectivity index (χ3v) is 4.19. The lowest BCUT2D eigenvalue weighted by molar-refractivity contribution is 0.125. The molecule has 0 radical (unpaired) electrons. The molecule has 1 atom stereocenters. The van der Waals surface area contributed by atoms with Crippen molar-refractivity contribution in [2.75, 3.05) is 31.1 Å². The van der Waals surface area contributed by atoms with Gasteiger partial charge in [-0.25, -0.2) is 0 Å². The summed E-state index contributed by atoms with van der Waals surface area (Å²) < 4.78 is 10.7. The van der Waals surface area contributed by atoms with Crippen LogP contribution in [0.3, 0.4) is 0 Å². The predicted octanol–water partition coefficient (Wildman–Crippen LogP) is 1.22. The van der Waals surface area contributed by atoms with Gasteiger partial charge in [-0.15, -0.1) is 0 Å². The maximum atomic E-state index is 10.2. The van der Waals surface area contributed by atoms with Crippen molar-refractivity contribution in [3.8, 4) is 0 Å². The minimum absolute atomic E-state index is 0.444. The van der Waals surface area contributed by atoms with Gasteiger partial charge in [0.2, 0.25) is 5.89 Å². The van der Waals surface area contributed by atoms with Gasteiger partial charge in [0.05, 0.1) is 18.9 Å². The van der Waals surface area contributed by atoms with E-state index in [2.05, 4.69) is 15.0 Å². The van der Waals surface area contributed by atoms with E-state index in [0.29, 0.717) is 31.5 Å². The van der Waals surface area contributed by atoms with E-state index < -0.39 is 6.10 Å². The summed E-state index contributed by atoms with van der Waals surface area (Å²) in [6.45, 7) is 3.44. The number of β-amino-alcohol motifs (C(OH)–C–C–N with tert-alkyl or cyclic N) is 1. The zero-order valence-corrected chi connectivity index (χ0v) is 12.4. The van der Waals surface area contributed by atoms with Crippen LogP contribution in [0.15, 0.2) is 27.3 Å². The molecule has 118 valence electrons. The fourth-order valence-corrected chi connectivity index (χ4v) is 2.85. The minimum atomic E-state index is -0.444. The third-order valence-electron chi connectivity index (χ3n) is 4.19. The molecule has 22 heavy (non-hydrogen) atoms. The molecule has 2 aliphatic rings. The summed E-state index contributed by atoms with van der Waals surface area (Å²) in [5, 5.41) is 14.3. The number of anilines is 1. The summed E-state index contributed by atoms with van der Waals surface area (Å²) in [5.41, 5.74) is 0. The Morgan fingerprint density at radius 3 is 2.95 bits per heavy atom. The largest absolute Gasteiger partial charge is 0.468 e. The first-order valence-electron chi connectivity index (χ1n) is 7.79. The van der Waals surface area contributed by atoms with Crippen LogP contribution in [0.1, 0.15) is 30.4 Å². The Balaban J connectivity index is 1.42. The molecular formula is C15H20N4O3. The normalized spacial score (nSPS) is 23.7. The van der Waals surface area contributed by atoms with E-state index in [0.717, 1.165) is 37.6 Å². The van der Waals surface area contributed by atoms with Crippen molar-refractivity contribution in [2.45, 2.75) is 31.4 Å². The molecule has 0 aromatic carbocycles. The van der Waals surface area contributed by atoms with Gasteiger partial charge in [0.25, 0.3) is 5.95 Å². The molecule has 3 heterocycles. The van der Waals surface area contributed by atoms with E-state index in [9.17, 15) is 5.11 Å². The first-order chi connectivity index (χ1) is 10.8. The SMILES string of the molecule is OC1CN(Cc2ccco2)CCN(c2noc(C3CC3)n2)C1. The van der Waals surface area contributed by atoms with Crippen LogP contribution in [0.5, 0.6) is 0 Å². The molecule has 0 amide bonds. The fraction of sp³-hybridized carbons (Fsp3) is 0.600. The van der Waals surface area contributed by atoms with Gasteiger partial charge in [-0.1, -0.05) is 0 Å². The molecule has 1 saturated heterocycles. The smallest absolute Gasteiger partial charge is 0.266 e. The second-order valence-corrected chi connectivity index (χ2v) is 6.12. The van der Waals surface area contributed by atoms with Crippen molar-refractivity contribution in [1.29, 1.82) is 0 Å². The highest BCUT2D eigenvalue weighted by Crippen LogP contribution is 2.39. The number of furan rings is 1. The van der Waals surface area contributed by atoms with Gasteiger partial charge in [-0.05, 0) is 30.1 Å². The summed E-state index contributed by atoms with van der Waals surface area (Å²) in [6.07, 6.45) is 3.51. The Morgan fingerprint density at radius 1 is 1.27 bits per heavy atom. The Kier molecular flexibility index (Phi) is 3.59. The van der Waals surface area contributed by atoms with E-state index in [1.165, 1.54) is 0 Å². The number of rotatable bonds is 4. The van der Waals surface area contributed by atoms with Crippen LogP contribution >= 0.6 is 0 Å². The Labute approximate surface area is 128 Å². The standard InChI is InChI=1S/C15H20N4O3/c20-12-8-18(10-13-2-1-7-21-13)5-6-19(9-12)15-16-14(22-17-15)11-3-4-11/h1-2,7,11-12,20H,3-6,8-10H2. The number of aliphatic hydroxyl groups is 1. The van der Waals surface area contributed by atoms with E-state index in [1.807, 2.05) is 17.0 Å². The first kappa shape index (κ1) is 13.8. The monoisotopic (exact) mass is 304 g/mol. The molecular weight excluding hydrogens is 284 g/mol. The van der Waals surface area contributed by atoms with Crippen LogP contribution in [0, 0.1) is 0 Å². The Hall–Kier alpha value is -1.86. The molecule has 1 N–H and O–H groups in total. The molecule has 4 rings (SSSR count). The minimum Gasteiger partial charge on any atom is -0.468 e. The van der Waals surface area contributed by atoms with E-state index in [4.69, 9.17) is 8.94 Å². The first-order valence-corrected chi connectivity index (χ1v) is 7.79. The topological polar surface area (TPSA) is 78.8 Å². The summed E-state index contributed by atoms with van der Waals surface area (Å²) in [6, 6.07) is 3.84. The second-order valence-electron chi connectivity index (χ2n) is 6.12. The second kappa shape index (κ2) is 5.73. The highest BCUT2D eigenvalue weighted by Gasteiger charge is 2.31. The molecule has 2 aromatic rings. The van der Waals surface area contributed by atoms with Gasteiger partial charge in [0.15, 0.2) is 0 Å². The summed E-state index contributed by atoms with van der Waals surface area (Å²) in [4.78, 5) is 8.66. The summed E-state index contributed by atoms with van der Waals surface area (Å²) in [7, 11) is 0. The lowest BCUT2D eigenvalue weighted by Crippen LogP contribution is -2.33. The highest BCUT2D eigenvalue weighted by atomic mass is 16.5. The maximum absolute atomic E-state index is 10.2. The number of aliphatic hydroxyl groups excluding tert-OH is 1. The van der Waals surface area contributed by atoms with Gasteiger partial charge in [0, 0.05) is 32.1 Å². The molecule has 0 spiro atoms. The number of hydrogen-bond acceptors (Lipinski definition) is 7. The molecule has 1 unspecified atom stereocenters. The average molecular weight is 304 g/mol. The lowest BCUT2D eigenvalue weighted by atomic mass is 10.3. The van der Waals surface area contributed by atoms with Gasteiger partial charge in [-0.2, -0.15) is 4.98 Å². The average Bonchev–Trinajstić information content (AvgIpc) is 3.07. The van der Waals surface area contributed by atoms with Gasteiger partial charge >= 0.3 is 0 Å². The Bertz CT molecular complexity index is 608. The summed E-state index contributed by atoms with van der Waals surface area (Å²) in [5.74, 6) is 2.70. The van der Waals surface area contributed by atoms with Crippen molar-refractivity contribution in [3.63, 3.8) is 0 Å². The van der Waals surface area contributed by atoms with Crippen molar-refractivity contribution in [2.24, 2.45) is 0 Å². The molecule has 7 heteroatoms. The fourth-order valence-electron chi connectivity index (χ4n) is 2.85. The molecule has 7 nitrogen and oxygen atoms in total. The highest BCUT2D eigenvalue weighted by molar-refractivity contribution is 5.29. The molecule has 2 fully saturated rings. The molecule has 1 saturated carbocycles. The molecule has 2 aromatic heterocycles. The van der Waals surface area contributed by atoms with Crippen molar-refractivity contribution >= 4 is 5.95 Å². The van der Waals surface area contributed by atoms with E-state index in [-0.39, 0.29) is 0 Å². The van der Waals surface area contributed by atoms with E-state index in [1.54, 1.807) is 6.26 Å². The molecule has 1 aliphatic heterocycles. The van der Waals surface area contributed by atoms with Gasteiger partial charge in [-0.3, -0.25) is 4.90 Å². The van der Waals surface area contributed by atoms with Crippen LogP contribution < -0.4 is 4.90 Å². The van der Waals surface area contributed by atoms with Crippen molar-refractivity contribution in [3.05, 3.63) is 30.0 Å². The van der Waals surface area contributed by atoms with Gasteiger partial charge < -0.3 is 18.9 Å². The Morgan fingerprint density at radius 2 is 2.18 bits per heavy atom. The maximum Gasteiger partial charge on any atom is 0.266 e. The number of aromatic nitrogens is 2. The lowest BCUT2D eigenvalue weighted by Gasteiger charge is -2.19. The van der Waals surface area contributed by atoms with Gasteiger partial charge in [0.1, 0.15) is 5.76 Å². The molecule has 0 bridgehead atoms.